The van der Waals surface area contributed by atoms with Gasteiger partial charge < -0.3 is 15.5 Å². The van der Waals surface area contributed by atoms with E-state index in [0.29, 0.717) is 12.8 Å². The Hall–Kier alpha value is -1.10. The minimum atomic E-state index is -1.05. The van der Waals surface area contributed by atoms with Crippen LogP contribution in [0.15, 0.2) is 0 Å². The predicted octanol–water partition coefficient (Wildman–Crippen LogP) is -0.650. The highest BCUT2D eigenvalue weighted by Gasteiger charge is 2.02. The molecule has 0 aromatic heterocycles. The van der Waals surface area contributed by atoms with Crippen molar-refractivity contribution in [2.24, 2.45) is 0 Å². The summed E-state index contributed by atoms with van der Waals surface area (Å²) in [6.07, 6.45) is 1.43. The number of carbonyl (C=O) groups excluding carboxylic acids is 1. The van der Waals surface area contributed by atoms with Gasteiger partial charge in [-0.25, -0.2) is 0 Å². The first-order valence-corrected chi connectivity index (χ1v) is 3.76. The van der Waals surface area contributed by atoms with Gasteiger partial charge in [-0.05, 0) is 12.8 Å². The molecule has 0 saturated heterocycles. The summed E-state index contributed by atoms with van der Waals surface area (Å²) in [4.78, 5) is 20.7. The molecule has 0 saturated carbocycles. The van der Waals surface area contributed by atoms with Crippen molar-refractivity contribution in [2.45, 2.75) is 19.3 Å². The number of carboxylic acid groups (broad SMARTS) is 1. The zero-order valence-corrected chi connectivity index (χ0v) is 6.75. The number of unbranched alkanes of at least 4 members (excludes halogenated alkanes) is 1. The van der Waals surface area contributed by atoms with Crippen LogP contribution in [0, 0.1) is 0 Å². The molecular weight excluding hydrogens is 162 g/mol. The topological polar surface area (TPSA) is 86.6 Å². The lowest BCUT2D eigenvalue weighted by atomic mass is 10.2. The lowest BCUT2D eigenvalue weighted by Crippen LogP contribution is -2.28. The molecule has 12 heavy (non-hydrogen) atoms. The molecule has 0 aliphatic carbocycles. The minimum Gasteiger partial charge on any atom is -0.480 e. The molecule has 0 fully saturated rings. The zero-order valence-electron chi connectivity index (χ0n) is 6.75. The Bertz CT molecular complexity index is 157. The van der Waals surface area contributed by atoms with E-state index in [1.807, 2.05) is 0 Å². The number of carbonyl (C=O) groups is 2. The number of amides is 1. The van der Waals surface area contributed by atoms with Crippen LogP contribution < -0.4 is 5.32 Å². The average molecular weight is 175 g/mol. The van der Waals surface area contributed by atoms with Gasteiger partial charge in [0.2, 0.25) is 5.91 Å². The molecule has 5 nitrogen and oxygen atoms in total. The molecule has 0 aliphatic rings. The lowest BCUT2D eigenvalue weighted by molar-refractivity contribution is -0.137. The molecule has 0 atom stereocenters. The van der Waals surface area contributed by atoms with E-state index in [9.17, 15) is 9.59 Å². The fraction of sp³-hybridized carbons (Fsp3) is 0.714. The quantitative estimate of drug-likeness (QED) is 0.468. The van der Waals surface area contributed by atoms with Crippen LogP contribution in [0.25, 0.3) is 0 Å². The number of rotatable bonds is 6. The molecule has 0 radical (unpaired) electrons. The van der Waals surface area contributed by atoms with Gasteiger partial charge >= 0.3 is 5.97 Å². The van der Waals surface area contributed by atoms with Crippen LogP contribution in [0.2, 0.25) is 0 Å². The Morgan fingerprint density at radius 1 is 1.25 bits per heavy atom. The van der Waals surface area contributed by atoms with Gasteiger partial charge in [-0.1, -0.05) is 0 Å². The molecule has 0 unspecified atom stereocenters. The fourth-order valence-electron chi connectivity index (χ4n) is 0.660. The number of carboxylic acids is 1. The third kappa shape index (κ3) is 7.01. The van der Waals surface area contributed by atoms with Crippen molar-refractivity contribution in [2.75, 3.05) is 13.2 Å². The summed E-state index contributed by atoms with van der Waals surface area (Å²) in [6, 6.07) is 0. The van der Waals surface area contributed by atoms with Crippen molar-refractivity contribution in [3.05, 3.63) is 0 Å². The van der Waals surface area contributed by atoms with Crippen molar-refractivity contribution in [1.29, 1.82) is 0 Å². The second-order valence-corrected chi connectivity index (χ2v) is 2.35. The van der Waals surface area contributed by atoms with E-state index >= 15 is 0 Å². The normalized spacial score (nSPS) is 9.42. The van der Waals surface area contributed by atoms with Crippen LogP contribution >= 0.6 is 0 Å². The molecular formula is C7H13NO4. The highest BCUT2D eigenvalue weighted by atomic mass is 16.4. The van der Waals surface area contributed by atoms with Gasteiger partial charge in [-0.15, -0.1) is 0 Å². The van der Waals surface area contributed by atoms with Gasteiger partial charge in [0.1, 0.15) is 6.54 Å². The molecule has 1 amide bonds. The first kappa shape index (κ1) is 10.9. The molecule has 0 aliphatic heterocycles. The number of hydrogen-bond acceptors (Lipinski definition) is 3. The van der Waals surface area contributed by atoms with E-state index in [0.717, 1.165) is 0 Å². The van der Waals surface area contributed by atoms with E-state index in [1.54, 1.807) is 0 Å². The number of hydrogen-bond donors (Lipinski definition) is 3. The van der Waals surface area contributed by atoms with E-state index in [4.69, 9.17) is 10.2 Å². The Kier molecular flexibility index (Phi) is 6.00. The number of aliphatic hydroxyl groups excluding tert-OH is 1. The molecule has 70 valence electrons. The maximum atomic E-state index is 10.8. The summed E-state index contributed by atoms with van der Waals surface area (Å²) in [6.45, 7) is -0.274. The predicted molar refractivity (Wildman–Crippen MR) is 41.6 cm³/mol. The third-order valence-electron chi connectivity index (χ3n) is 1.25. The van der Waals surface area contributed by atoms with Gasteiger partial charge in [0.05, 0.1) is 0 Å². The van der Waals surface area contributed by atoms with Gasteiger partial charge in [-0.2, -0.15) is 0 Å². The first-order chi connectivity index (χ1) is 5.66. The van der Waals surface area contributed by atoms with Crippen LogP contribution in [0.1, 0.15) is 19.3 Å². The van der Waals surface area contributed by atoms with Gasteiger partial charge in [0.15, 0.2) is 0 Å². The number of aliphatic hydroxyl groups is 1. The van der Waals surface area contributed by atoms with Crippen molar-refractivity contribution >= 4 is 11.9 Å². The highest BCUT2D eigenvalue weighted by molar-refractivity contribution is 5.80. The lowest BCUT2D eigenvalue weighted by Gasteiger charge is -2.00. The van der Waals surface area contributed by atoms with Gasteiger partial charge in [-0.3, -0.25) is 9.59 Å². The van der Waals surface area contributed by atoms with Crippen LogP contribution in [-0.2, 0) is 9.59 Å². The van der Waals surface area contributed by atoms with Crippen molar-refractivity contribution in [1.82, 2.24) is 5.32 Å². The summed E-state index contributed by atoms with van der Waals surface area (Å²) in [7, 11) is 0. The number of aliphatic carboxylic acids is 1. The van der Waals surface area contributed by atoms with Gasteiger partial charge in [0, 0.05) is 13.0 Å². The molecule has 0 rings (SSSR count). The van der Waals surface area contributed by atoms with Crippen molar-refractivity contribution in [3.8, 4) is 0 Å². The molecule has 0 heterocycles. The summed E-state index contributed by atoms with van der Waals surface area (Å²) >= 11 is 0. The van der Waals surface area contributed by atoms with Crippen LogP contribution in [0.3, 0.4) is 0 Å². The second kappa shape index (κ2) is 6.60. The summed E-state index contributed by atoms with van der Waals surface area (Å²) in [5.74, 6) is -1.34. The first-order valence-electron chi connectivity index (χ1n) is 3.76. The van der Waals surface area contributed by atoms with E-state index in [-0.39, 0.29) is 25.5 Å². The Morgan fingerprint density at radius 2 is 1.92 bits per heavy atom. The SMILES string of the molecule is O=C(O)CNC(=O)CCCCO. The largest absolute Gasteiger partial charge is 0.480 e. The molecule has 3 N–H and O–H groups in total. The molecule has 0 spiro atoms. The van der Waals surface area contributed by atoms with Crippen LogP contribution in [-0.4, -0.2) is 35.2 Å². The smallest absolute Gasteiger partial charge is 0.322 e. The summed E-state index contributed by atoms with van der Waals surface area (Å²) < 4.78 is 0. The van der Waals surface area contributed by atoms with E-state index in [1.165, 1.54) is 0 Å². The maximum Gasteiger partial charge on any atom is 0.322 e. The highest BCUT2D eigenvalue weighted by Crippen LogP contribution is 1.92. The molecule has 5 heteroatoms. The zero-order chi connectivity index (χ0) is 9.40. The number of nitrogens with one attached hydrogen (secondary N) is 1. The maximum absolute atomic E-state index is 10.8. The monoisotopic (exact) mass is 175 g/mol. The van der Waals surface area contributed by atoms with Gasteiger partial charge in [0.25, 0.3) is 0 Å². The Labute approximate surface area is 70.4 Å². The third-order valence-corrected chi connectivity index (χ3v) is 1.25. The second-order valence-electron chi connectivity index (χ2n) is 2.35. The minimum absolute atomic E-state index is 0.0617. The standard InChI is InChI=1S/C7H13NO4/c9-4-2-1-3-6(10)8-5-7(11)12/h9H,1-5H2,(H,8,10)(H,11,12). The molecule has 0 bridgehead atoms. The van der Waals surface area contributed by atoms with E-state index in [2.05, 4.69) is 5.32 Å². The fourth-order valence-corrected chi connectivity index (χ4v) is 0.660. The Balaban J connectivity index is 3.28. The van der Waals surface area contributed by atoms with E-state index < -0.39 is 5.97 Å². The van der Waals surface area contributed by atoms with Crippen molar-refractivity contribution < 1.29 is 19.8 Å². The summed E-state index contributed by atoms with van der Waals surface area (Å²) in [5, 5.41) is 18.8. The molecule has 0 aromatic rings. The van der Waals surface area contributed by atoms with Crippen molar-refractivity contribution in [3.63, 3.8) is 0 Å². The summed E-state index contributed by atoms with van der Waals surface area (Å²) in [5.41, 5.74) is 0. The van der Waals surface area contributed by atoms with Crippen LogP contribution in [0.4, 0.5) is 0 Å². The Morgan fingerprint density at radius 3 is 2.42 bits per heavy atom. The average Bonchev–Trinajstić information content (AvgIpc) is 2.01. The van der Waals surface area contributed by atoms with Crippen LogP contribution in [0.5, 0.6) is 0 Å². The molecule has 0 aromatic carbocycles.